The zero-order chi connectivity index (χ0) is 25.7. The molecular weight excluding hydrogens is 452 g/mol. The number of hydrogen-bond acceptors (Lipinski definition) is 5. The van der Waals surface area contributed by atoms with Crippen molar-refractivity contribution in [3.63, 3.8) is 0 Å². The van der Waals surface area contributed by atoms with Crippen molar-refractivity contribution in [2.24, 2.45) is 4.99 Å². The van der Waals surface area contributed by atoms with Gasteiger partial charge in [0.05, 0.1) is 24.8 Å². The number of ether oxygens (including phenoxy) is 3. The first-order chi connectivity index (χ1) is 17.4. The fourth-order valence-electron chi connectivity index (χ4n) is 4.85. The molecule has 2 heterocycles. The van der Waals surface area contributed by atoms with Gasteiger partial charge >= 0.3 is 5.97 Å². The van der Waals surface area contributed by atoms with Crippen molar-refractivity contribution >= 4 is 22.8 Å². The molecule has 3 aromatic rings. The van der Waals surface area contributed by atoms with Crippen molar-refractivity contribution < 1.29 is 19.0 Å². The highest BCUT2D eigenvalue weighted by molar-refractivity contribution is 6.05. The number of benzene rings is 2. The van der Waals surface area contributed by atoms with Crippen molar-refractivity contribution in [2.45, 2.75) is 71.4 Å². The molecule has 0 N–H and O–H groups in total. The number of nitrogens with zero attached hydrogens (tertiary/aromatic N) is 2. The second kappa shape index (κ2) is 11.2. The van der Waals surface area contributed by atoms with E-state index in [1.807, 2.05) is 25.3 Å². The van der Waals surface area contributed by atoms with Crippen LogP contribution in [0.3, 0.4) is 0 Å². The normalized spacial score (nSPS) is 15.4. The first kappa shape index (κ1) is 25.8. The Morgan fingerprint density at radius 3 is 2.67 bits per heavy atom. The first-order valence-electron chi connectivity index (χ1n) is 13.1. The summed E-state index contributed by atoms with van der Waals surface area (Å²) in [5.74, 6) is 1.18. The number of esters is 1. The molecule has 0 amide bonds. The summed E-state index contributed by atoms with van der Waals surface area (Å²) in [4.78, 5) is 17.7. The molecule has 192 valence electrons. The van der Waals surface area contributed by atoms with Gasteiger partial charge in [0.25, 0.3) is 0 Å². The molecule has 0 saturated heterocycles. The number of unbranched alkanes of at least 4 members (excludes halogenated alkanes) is 3. The fraction of sp³-hybridized carbons (Fsp3) is 0.467. The van der Waals surface area contributed by atoms with Gasteiger partial charge in [0.1, 0.15) is 18.4 Å². The van der Waals surface area contributed by atoms with Gasteiger partial charge in [0.15, 0.2) is 0 Å². The largest absolute Gasteiger partial charge is 0.496 e. The molecule has 1 aliphatic heterocycles. The third kappa shape index (κ3) is 5.43. The van der Waals surface area contributed by atoms with E-state index in [0.29, 0.717) is 19.1 Å². The highest BCUT2D eigenvalue weighted by Crippen LogP contribution is 2.36. The lowest BCUT2D eigenvalue weighted by Crippen LogP contribution is -2.21. The molecule has 0 fully saturated rings. The van der Waals surface area contributed by atoms with Crippen LogP contribution in [0.1, 0.15) is 71.4 Å². The molecule has 1 aliphatic rings. The molecular formula is C30H38N2O4. The van der Waals surface area contributed by atoms with Gasteiger partial charge in [-0.15, -0.1) is 0 Å². The number of aromatic nitrogens is 1. The summed E-state index contributed by atoms with van der Waals surface area (Å²) >= 11 is 0. The Bertz CT molecular complexity index is 1240. The van der Waals surface area contributed by atoms with Crippen LogP contribution in [0.25, 0.3) is 22.0 Å². The highest BCUT2D eigenvalue weighted by atomic mass is 16.5. The Labute approximate surface area is 214 Å². The second-order valence-electron chi connectivity index (χ2n) is 10.0. The van der Waals surface area contributed by atoms with Crippen molar-refractivity contribution in [3.05, 3.63) is 54.2 Å². The van der Waals surface area contributed by atoms with E-state index in [4.69, 9.17) is 19.2 Å². The zero-order valence-electron chi connectivity index (χ0n) is 22.2. The SMILES string of the molecule is CCCCCCC(C(=O)OCC)n1ccc2cc(-c3cccc(OC)c3C3=NC(C)(C)CO3)ccc21. The van der Waals surface area contributed by atoms with E-state index >= 15 is 0 Å². The number of carbonyl (C=O) groups excluding carboxylic acids is 1. The minimum atomic E-state index is -0.319. The zero-order valence-corrected chi connectivity index (χ0v) is 22.2. The van der Waals surface area contributed by atoms with Crippen LogP contribution < -0.4 is 4.74 Å². The summed E-state index contributed by atoms with van der Waals surface area (Å²) in [7, 11) is 1.67. The predicted molar refractivity (Wildman–Crippen MR) is 145 cm³/mol. The van der Waals surface area contributed by atoms with Gasteiger partial charge in [-0.3, -0.25) is 0 Å². The number of aliphatic imine (C=N–C) groups is 1. The maximum Gasteiger partial charge on any atom is 0.329 e. The predicted octanol–water partition coefficient (Wildman–Crippen LogP) is 6.95. The van der Waals surface area contributed by atoms with Crippen molar-refractivity contribution in [1.82, 2.24) is 4.57 Å². The fourth-order valence-corrected chi connectivity index (χ4v) is 4.85. The number of fused-ring (bicyclic) bond motifs is 1. The molecule has 4 rings (SSSR count). The van der Waals surface area contributed by atoms with Gasteiger partial charge in [0.2, 0.25) is 5.90 Å². The maximum absolute atomic E-state index is 12.9. The van der Waals surface area contributed by atoms with E-state index in [1.165, 1.54) is 12.8 Å². The van der Waals surface area contributed by atoms with Crippen LogP contribution >= 0.6 is 0 Å². The van der Waals surface area contributed by atoms with Crippen molar-refractivity contribution in [2.75, 3.05) is 20.3 Å². The van der Waals surface area contributed by atoms with Crippen LogP contribution in [0.4, 0.5) is 0 Å². The minimum absolute atomic E-state index is 0.162. The Morgan fingerprint density at radius 1 is 1.14 bits per heavy atom. The molecule has 0 radical (unpaired) electrons. The van der Waals surface area contributed by atoms with Crippen LogP contribution in [0.2, 0.25) is 0 Å². The quantitative estimate of drug-likeness (QED) is 0.216. The standard InChI is InChI=1S/C30H38N2O4/c1-6-8-9-10-13-25(29(33)35-7-2)32-18-17-22-19-21(15-16-24(22)32)23-12-11-14-26(34-5)27(23)28-31-30(3,4)20-36-28/h11-12,14-19,25H,6-10,13,20H2,1-5H3. The Morgan fingerprint density at radius 2 is 1.97 bits per heavy atom. The summed E-state index contributed by atoms with van der Waals surface area (Å²) < 4.78 is 19.2. The average molecular weight is 491 g/mol. The Hall–Kier alpha value is -3.28. The van der Waals surface area contributed by atoms with E-state index in [2.05, 4.69) is 55.7 Å². The molecule has 0 saturated carbocycles. The van der Waals surface area contributed by atoms with Gasteiger partial charge < -0.3 is 18.8 Å². The lowest BCUT2D eigenvalue weighted by atomic mass is 9.97. The van der Waals surface area contributed by atoms with Gasteiger partial charge in [-0.2, -0.15) is 0 Å². The summed E-state index contributed by atoms with van der Waals surface area (Å²) in [6.07, 6.45) is 7.26. The Balaban J connectivity index is 1.72. The molecule has 6 heteroatoms. The summed E-state index contributed by atoms with van der Waals surface area (Å²) in [5.41, 5.74) is 3.66. The van der Waals surface area contributed by atoms with E-state index in [9.17, 15) is 4.79 Å². The topological polar surface area (TPSA) is 62.0 Å². The van der Waals surface area contributed by atoms with E-state index in [-0.39, 0.29) is 17.6 Å². The highest BCUT2D eigenvalue weighted by Gasteiger charge is 2.30. The van der Waals surface area contributed by atoms with Gasteiger partial charge in [-0.25, -0.2) is 9.79 Å². The molecule has 0 bridgehead atoms. The third-order valence-electron chi connectivity index (χ3n) is 6.68. The molecule has 2 aromatic carbocycles. The Kier molecular flexibility index (Phi) is 8.02. The second-order valence-corrected chi connectivity index (χ2v) is 10.0. The molecule has 1 unspecified atom stereocenters. The van der Waals surface area contributed by atoms with Crippen LogP contribution in [0.5, 0.6) is 5.75 Å². The van der Waals surface area contributed by atoms with Crippen LogP contribution in [-0.4, -0.2) is 42.3 Å². The van der Waals surface area contributed by atoms with Crippen LogP contribution in [0, 0.1) is 0 Å². The molecule has 36 heavy (non-hydrogen) atoms. The van der Waals surface area contributed by atoms with E-state index in [0.717, 1.165) is 52.6 Å². The number of carbonyl (C=O) groups is 1. The molecule has 1 atom stereocenters. The molecule has 6 nitrogen and oxygen atoms in total. The monoisotopic (exact) mass is 490 g/mol. The van der Waals surface area contributed by atoms with Crippen molar-refractivity contribution in [3.8, 4) is 16.9 Å². The van der Waals surface area contributed by atoms with Crippen LogP contribution in [-0.2, 0) is 14.3 Å². The number of methoxy groups -OCH3 is 1. The molecule has 1 aromatic heterocycles. The third-order valence-corrected chi connectivity index (χ3v) is 6.68. The lowest BCUT2D eigenvalue weighted by molar-refractivity contribution is -0.147. The van der Waals surface area contributed by atoms with Gasteiger partial charge in [0, 0.05) is 17.1 Å². The lowest BCUT2D eigenvalue weighted by Gasteiger charge is -2.19. The number of rotatable bonds is 11. The van der Waals surface area contributed by atoms with E-state index in [1.54, 1.807) is 7.11 Å². The smallest absolute Gasteiger partial charge is 0.329 e. The molecule has 0 aliphatic carbocycles. The summed E-state index contributed by atoms with van der Waals surface area (Å²) in [6, 6.07) is 14.1. The summed E-state index contributed by atoms with van der Waals surface area (Å²) in [6.45, 7) is 9.10. The first-order valence-corrected chi connectivity index (χ1v) is 13.1. The maximum atomic E-state index is 12.9. The average Bonchev–Trinajstić information content (AvgIpc) is 3.45. The summed E-state index contributed by atoms with van der Waals surface area (Å²) in [5, 5.41) is 1.07. The van der Waals surface area contributed by atoms with Crippen LogP contribution in [0.15, 0.2) is 53.7 Å². The molecule has 0 spiro atoms. The van der Waals surface area contributed by atoms with E-state index < -0.39 is 0 Å². The minimum Gasteiger partial charge on any atom is -0.496 e. The van der Waals surface area contributed by atoms with Gasteiger partial charge in [-0.05, 0) is 62.6 Å². The number of hydrogen-bond donors (Lipinski definition) is 0. The van der Waals surface area contributed by atoms with Gasteiger partial charge in [-0.1, -0.05) is 50.8 Å². The van der Waals surface area contributed by atoms with Crippen molar-refractivity contribution in [1.29, 1.82) is 0 Å².